The lowest BCUT2D eigenvalue weighted by Gasteiger charge is -2.27. The molecular weight excluding hydrogens is 252 g/mol. The molecule has 0 amide bonds. The van der Waals surface area contributed by atoms with E-state index in [2.05, 4.69) is 25.2 Å². The fourth-order valence-electron chi connectivity index (χ4n) is 2.56. The number of hydrogen-bond acceptors (Lipinski definition) is 4. The van der Waals surface area contributed by atoms with E-state index in [1.165, 1.54) is 12.8 Å². The molecule has 116 valence electrons. The third-order valence-electron chi connectivity index (χ3n) is 4.00. The van der Waals surface area contributed by atoms with Gasteiger partial charge < -0.3 is 9.47 Å². The molecule has 0 aromatic heterocycles. The first-order valence-electron chi connectivity index (χ1n) is 8.12. The van der Waals surface area contributed by atoms with E-state index in [4.69, 9.17) is 9.47 Å². The predicted molar refractivity (Wildman–Crippen MR) is 80.6 cm³/mol. The van der Waals surface area contributed by atoms with Crippen LogP contribution in [-0.4, -0.2) is 38.0 Å². The van der Waals surface area contributed by atoms with Crippen LogP contribution in [0.1, 0.15) is 58.8 Å². The summed E-state index contributed by atoms with van der Waals surface area (Å²) in [5.74, 6) is 0. The van der Waals surface area contributed by atoms with Crippen LogP contribution in [0.3, 0.4) is 0 Å². The Kier molecular flexibility index (Phi) is 8.84. The number of nitrogens with zero attached hydrogens (tertiary/aromatic N) is 1. The lowest BCUT2D eigenvalue weighted by molar-refractivity contribution is -0.0415. The maximum atomic E-state index is 9.39. The van der Waals surface area contributed by atoms with Crippen molar-refractivity contribution in [2.75, 3.05) is 26.4 Å². The van der Waals surface area contributed by atoms with Crippen LogP contribution in [0, 0.1) is 11.3 Å². The van der Waals surface area contributed by atoms with Crippen molar-refractivity contribution in [1.29, 1.82) is 5.26 Å². The molecule has 1 saturated heterocycles. The molecule has 0 radical (unpaired) electrons. The molecule has 1 aliphatic heterocycles. The van der Waals surface area contributed by atoms with Crippen molar-refractivity contribution >= 4 is 0 Å². The average molecular weight is 282 g/mol. The van der Waals surface area contributed by atoms with Crippen LogP contribution in [-0.2, 0) is 9.47 Å². The first kappa shape index (κ1) is 17.4. The molecule has 0 aliphatic carbocycles. The van der Waals surface area contributed by atoms with Crippen LogP contribution >= 0.6 is 0 Å². The van der Waals surface area contributed by atoms with Crippen molar-refractivity contribution in [3.63, 3.8) is 0 Å². The van der Waals surface area contributed by atoms with Gasteiger partial charge in [-0.1, -0.05) is 13.8 Å². The summed E-state index contributed by atoms with van der Waals surface area (Å²) in [7, 11) is 0. The zero-order valence-electron chi connectivity index (χ0n) is 13.1. The molecule has 0 aromatic carbocycles. The Hall–Kier alpha value is -0.630. The molecule has 1 fully saturated rings. The molecule has 4 nitrogen and oxygen atoms in total. The van der Waals surface area contributed by atoms with Gasteiger partial charge in [-0.25, -0.2) is 0 Å². The molecular formula is C16H30N2O2. The van der Waals surface area contributed by atoms with Crippen LogP contribution in [0.5, 0.6) is 0 Å². The normalized spacial score (nSPS) is 22.1. The highest BCUT2D eigenvalue weighted by Gasteiger charge is 2.26. The molecule has 20 heavy (non-hydrogen) atoms. The molecule has 2 unspecified atom stereocenters. The van der Waals surface area contributed by atoms with Crippen LogP contribution < -0.4 is 5.32 Å². The van der Waals surface area contributed by atoms with Crippen LogP contribution in [0.4, 0.5) is 0 Å². The number of hydrogen-bond donors (Lipinski definition) is 1. The maximum Gasteiger partial charge on any atom is 0.106 e. The zero-order valence-corrected chi connectivity index (χ0v) is 13.1. The third kappa shape index (κ3) is 6.21. The molecule has 0 spiro atoms. The summed E-state index contributed by atoms with van der Waals surface area (Å²) < 4.78 is 11.3. The van der Waals surface area contributed by atoms with E-state index < -0.39 is 0 Å². The van der Waals surface area contributed by atoms with Crippen molar-refractivity contribution in [2.45, 2.75) is 70.4 Å². The zero-order chi connectivity index (χ0) is 14.7. The van der Waals surface area contributed by atoms with Gasteiger partial charge in [-0.3, -0.25) is 5.32 Å². The lowest BCUT2D eigenvalue weighted by atomic mass is 9.92. The first-order valence-corrected chi connectivity index (χ1v) is 8.12. The van der Waals surface area contributed by atoms with Crippen LogP contribution in [0.2, 0.25) is 0 Å². The van der Waals surface area contributed by atoms with Crippen LogP contribution in [0.15, 0.2) is 0 Å². The van der Waals surface area contributed by atoms with Crippen molar-refractivity contribution < 1.29 is 9.47 Å². The largest absolute Gasteiger partial charge is 0.379 e. The van der Waals surface area contributed by atoms with Gasteiger partial charge in [0.25, 0.3) is 0 Å². The van der Waals surface area contributed by atoms with E-state index in [9.17, 15) is 5.26 Å². The second-order valence-electron chi connectivity index (χ2n) is 5.64. The van der Waals surface area contributed by atoms with Crippen molar-refractivity contribution in [1.82, 2.24) is 5.32 Å². The van der Waals surface area contributed by atoms with Gasteiger partial charge in [-0.2, -0.15) is 5.26 Å². The Labute approximate surface area is 123 Å². The Morgan fingerprint density at radius 3 is 2.85 bits per heavy atom. The first-order chi connectivity index (χ1) is 9.76. The predicted octanol–water partition coefficient (Wildman–Crippen LogP) is 3.02. The minimum atomic E-state index is -0.374. The van der Waals surface area contributed by atoms with E-state index in [0.29, 0.717) is 6.61 Å². The highest BCUT2D eigenvalue weighted by molar-refractivity contribution is 5.06. The van der Waals surface area contributed by atoms with Crippen LogP contribution in [0.25, 0.3) is 0 Å². The van der Waals surface area contributed by atoms with Gasteiger partial charge in [0.1, 0.15) is 5.54 Å². The fraction of sp³-hybridized carbons (Fsp3) is 0.938. The van der Waals surface area contributed by atoms with Gasteiger partial charge in [0.2, 0.25) is 0 Å². The molecule has 0 aromatic rings. The molecule has 0 bridgehead atoms. The van der Waals surface area contributed by atoms with Gasteiger partial charge in [0, 0.05) is 13.2 Å². The molecule has 0 saturated carbocycles. The minimum absolute atomic E-state index is 0.286. The highest BCUT2D eigenvalue weighted by atomic mass is 16.5. The Morgan fingerprint density at radius 2 is 2.25 bits per heavy atom. The van der Waals surface area contributed by atoms with Crippen molar-refractivity contribution in [3.8, 4) is 6.07 Å². The molecule has 1 heterocycles. The number of ether oxygens (including phenoxy) is 2. The molecule has 1 N–H and O–H groups in total. The van der Waals surface area contributed by atoms with E-state index >= 15 is 0 Å². The number of rotatable bonds is 10. The second-order valence-corrected chi connectivity index (χ2v) is 5.64. The molecule has 4 heteroatoms. The summed E-state index contributed by atoms with van der Waals surface area (Å²) in [5, 5.41) is 12.8. The lowest BCUT2D eigenvalue weighted by Crippen LogP contribution is -2.44. The number of nitrogens with one attached hydrogen (secondary N) is 1. The third-order valence-corrected chi connectivity index (χ3v) is 4.00. The Balaban J connectivity index is 2.15. The summed E-state index contributed by atoms with van der Waals surface area (Å²) in [6.45, 7) is 7.40. The summed E-state index contributed by atoms with van der Waals surface area (Å²) in [6, 6.07) is 2.45. The monoisotopic (exact) mass is 282 g/mol. The highest BCUT2D eigenvalue weighted by Crippen LogP contribution is 2.17. The molecule has 1 rings (SSSR count). The van der Waals surface area contributed by atoms with Gasteiger partial charge in [0.15, 0.2) is 0 Å². The quantitative estimate of drug-likeness (QED) is 0.626. The van der Waals surface area contributed by atoms with Crippen molar-refractivity contribution in [2.24, 2.45) is 0 Å². The maximum absolute atomic E-state index is 9.39. The summed E-state index contributed by atoms with van der Waals surface area (Å²) >= 11 is 0. The average Bonchev–Trinajstić information content (AvgIpc) is 2.51. The fourth-order valence-corrected chi connectivity index (χ4v) is 2.56. The smallest absolute Gasteiger partial charge is 0.106 e. The van der Waals surface area contributed by atoms with Gasteiger partial charge in [-0.15, -0.1) is 0 Å². The van der Waals surface area contributed by atoms with E-state index in [1.807, 2.05) is 0 Å². The Bertz CT molecular complexity index is 285. The van der Waals surface area contributed by atoms with Crippen molar-refractivity contribution in [3.05, 3.63) is 0 Å². The van der Waals surface area contributed by atoms with E-state index in [0.717, 1.165) is 51.9 Å². The standard InChI is InChI=1S/C16H30N2O2/c1-3-10-18-16(4-2,14-17)9-7-11-19-13-15-8-5-6-12-20-15/h15,18H,3-13H2,1-2H3. The number of nitriles is 1. The molecule has 1 aliphatic rings. The molecule has 2 atom stereocenters. The van der Waals surface area contributed by atoms with Gasteiger partial charge >= 0.3 is 0 Å². The second kappa shape index (κ2) is 10.1. The SMILES string of the molecule is CCCNC(C#N)(CC)CCCOCC1CCCCO1. The minimum Gasteiger partial charge on any atom is -0.379 e. The van der Waals surface area contributed by atoms with Gasteiger partial charge in [0.05, 0.1) is 18.8 Å². The summed E-state index contributed by atoms with van der Waals surface area (Å²) in [5.41, 5.74) is -0.374. The summed E-state index contributed by atoms with van der Waals surface area (Å²) in [4.78, 5) is 0. The van der Waals surface area contributed by atoms with E-state index in [1.54, 1.807) is 0 Å². The van der Waals surface area contributed by atoms with Gasteiger partial charge in [-0.05, 0) is 51.5 Å². The topological polar surface area (TPSA) is 54.3 Å². The van der Waals surface area contributed by atoms with E-state index in [-0.39, 0.29) is 11.6 Å². The summed E-state index contributed by atoms with van der Waals surface area (Å²) in [6.07, 6.45) is 7.51. The Morgan fingerprint density at radius 1 is 1.40 bits per heavy atom.